The zero-order valence-electron chi connectivity index (χ0n) is 16.4. The lowest BCUT2D eigenvalue weighted by Crippen LogP contribution is -2.31. The van der Waals surface area contributed by atoms with Gasteiger partial charge in [0.05, 0.1) is 17.6 Å². The van der Waals surface area contributed by atoms with Crippen molar-refractivity contribution in [2.24, 2.45) is 0 Å². The van der Waals surface area contributed by atoms with Gasteiger partial charge in [-0.05, 0) is 30.7 Å². The van der Waals surface area contributed by atoms with E-state index in [0.717, 1.165) is 29.7 Å². The topological polar surface area (TPSA) is 63.2 Å². The molecule has 1 atom stereocenters. The summed E-state index contributed by atoms with van der Waals surface area (Å²) in [7, 11) is 0. The molecule has 0 aliphatic rings. The SMILES string of the molecule is CCCCCCn1c(=N)n(CC(O)COc2ccccc2)c2ccccc21.Cl. The maximum absolute atomic E-state index is 10.5. The van der Waals surface area contributed by atoms with Crippen molar-refractivity contribution in [3.05, 3.63) is 60.2 Å². The Morgan fingerprint density at radius 2 is 1.57 bits per heavy atom. The molecule has 3 rings (SSSR count). The van der Waals surface area contributed by atoms with Crippen molar-refractivity contribution in [1.82, 2.24) is 9.13 Å². The zero-order chi connectivity index (χ0) is 19.1. The molecule has 1 unspecified atom stereocenters. The number of aliphatic hydroxyl groups is 1. The number of hydrogen-bond donors (Lipinski definition) is 2. The van der Waals surface area contributed by atoms with Crippen LogP contribution < -0.4 is 10.4 Å². The summed E-state index contributed by atoms with van der Waals surface area (Å²) in [4.78, 5) is 0. The Morgan fingerprint density at radius 3 is 2.25 bits per heavy atom. The first kappa shape index (κ1) is 22.1. The van der Waals surface area contributed by atoms with Gasteiger partial charge in [0.1, 0.15) is 18.5 Å². The third-order valence-corrected chi connectivity index (χ3v) is 4.79. The largest absolute Gasteiger partial charge is 0.491 e. The van der Waals surface area contributed by atoms with Crippen LogP contribution in [0.1, 0.15) is 32.6 Å². The number of para-hydroxylation sites is 3. The van der Waals surface area contributed by atoms with Crippen LogP contribution in [0.4, 0.5) is 0 Å². The molecule has 5 nitrogen and oxygen atoms in total. The highest BCUT2D eigenvalue weighted by Crippen LogP contribution is 2.15. The minimum Gasteiger partial charge on any atom is -0.491 e. The Labute approximate surface area is 172 Å². The number of hydrogen-bond acceptors (Lipinski definition) is 3. The summed E-state index contributed by atoms with van der Waals surface area (Å²) >= 11 is 0. The van der Waals surface area contributed by atoms with E-state index in [1.54, 1.807) is 0 Å². The fourth-order valence-electron chi connectivity index (χ4n) is 3.38. The van der Waals surface area contributed by atoms with E-state index in [9.17, 15) is 5.11 Å². The molecule has 0 saturated heterocycles. The number of fused-ring (bicyclic) bond motifs is 1. The molecule has 3 aromatic rings. The molecule has 28 heavy (non-hydrogen) atoms. The van der Waals surface area contributed by atoms with Gasteiger partial charge in [-0.15, -0.1) is 12.4 Å². The third kappa shape index (κ3) is 5.40. The van der Waals surface area contributed by atoms with Crippen molar-refractivity contribution in [3.63, 3.8) is 0 Å². The average Bonchev–Trinajstić information content (AvgIpc) is 2.96. The summed E-state index contributed by atoms with van der Waals surface area (Å²) in [5, 5.41) is 19.1. The van der Waals surface area contributed by atoms with E-state index < -0.39 is 6.10 Å². The van der Waals surface area contributed by atoms with Crippen LogP contribution in [0.25, 0.3) is 11.0 Å². The van der Waals surface area contributed by atoms with Gasteiger partial charge >= 0.3 is 0 Å². The van der Waals surface area contributed by atoms with Crippen molar-refractivity contribution in [2.75, 3.05) is 6.61 Å². The molecule has 0 radical (unpaired) electrons. The third-order valence-electron chi connectivity index (χ3n) is 4.79. The molecule has 0 aliphatic carbocycles. The monoisotopic (exact) mass is 403 g/mol. The molecule has 0 bridgehead atoms. The highest BCUT2D eigenvalue weighted by atomic mass is 35.5. The lowest BCUT2D eigenvalue weighted by atomic mass is 10.2. The molecular weight excluding hydrogens is 374 g/mol. The first-order valence-electron chi connectivity index (χ1n) is 9.79. The fraction of sp³-hybridized carbons (Fsp3) is 0.409. The van der Waals surface area contributed by atoms with E-state index >= 15 is 0 Å². The lowest BCUT2D eigenvalue weighted by Gasteiger charge is -2.13. The van der Waals surface area contributed by atoms with E-state index in [4.69, 9.17) is 10.1 Å². The summed E-state index contributed by atoms with van der Waals surface area (Å²) < 4.78 is 9.59. The van der Waals surface area contributed by atoms with Gasteiger partial charge in [0, 0.05) is 6.54 Å². The van der Waals surface area contributed by atoms with Crippen LogP contribution in [0.5, 0.6) is 5.75 Å². The van der Waals surface area contributed by atoms with Crippen molar-refractivity contribution < 1.29 is 9.84 Å². The van der Waals surface area contributed by atoms with Gasteiger partial charge in [0.25, 0.3) is 0 Å². The van der Waals surface area contributed by atoms with Gasteiger partial charge in [-0.25, -0.2) is 0 Å². The highest BCUT2D eigenvalue weighted by molar-refractivity contribution is 5.85. The Morgan fingerprint density at radius 1 is 0.929 bits per heavy atom. The molecule has 2 N–H and O–H groups in total. The molecule has 0 aliphatic heterocycles. The molecule has 0 amide bonds. The Bertz CT molecular complexity index is 905. The molecule has 0 fully saturated rings. The van der Waals surface area contributed by atoms with Crippen molar-refractivity contribution in [2.45, 2.75) is 51.8 Å². The van der Waals surface area contributed by atoms with Crippen LogP contribution in [-0.4, -0.2) is 27.0 Å². The fourth-order valence-corrected chi connectivity index (χ4v) is 3.38. The number of aliphatic hydroxyl groups excluding tert-OH is 1. The van der Waals surface area contributed by atoms with Crippen LogP contribution in [0, 0.1) is 5.41 Å². The molecule has 152 valence electrons. The number of aryl methyl sites for hydroxylation is 1. The van der Waals surface area contributed by atoms with Gasteiger partial charge in [-0.3, -0.25) is 5.41 Å². The molecule has 1 aromatic heterocycles. The number of ether oxygens (including phenoxy) is 1. The summed E-state index contributed by atoms with van der Waals surface area (Å²) in [5.74, 6) is 0.742. The number of aromatic nitrogens is 2. The predicted molar refractivity (Wildman–Crippen MR) is 115 cm³/mol. The molecular formula is C22H30ClN3O2. The first-order valence-corrected chi connectivity index (χ1v) is 9.79. The Kier molecular flexibility index (Phi) is 8.61. The summed E-state index contributed by atoms with van der Waals surface area (Å²) in [5.41, 5.74) is 2.47. The Hall–Kier alpha value is -2.24. The van der Waals surface area contributed by atoms with Gasteiger partial charge in [0.15, 0.2) is 0 Å². The average molecular weight is 404 g/mol. The van der Waals surface area contributed by atoms with E-state index in [2.05, 4.69) is 17.6 Å². The van der Waals surface area contributed by atoms with Crippen LogP contribution in [-0.2, 0) is 13.1 Å². The van der Waals surface area contributed by atoms with Gasteiger partial charge < -0.3 is 19.0 Å². The number of nitrogens with zero attached hydrogens (tertiary/aromatic N) is 2. The predicted octanol–water partition coefficient (Wildman–Crippen LogP) is 4.36. The van der Waals surface area contributed by atoms with E-state index in [1.807, 2.05) is 53.1 Å². The minimum atomic E-state index is -0.682. The normalized spacial score (nSPS) is 11.9. The van der Waals surface area contributed by atoms with Crippen LogP contribution in [0.2, 0.25) is 0 Å². The second-order valence-electron chi connectivity index (χ2n) is 6.91. The number of benzene rings is 2. The molecule has 6 heteroatoms. The highest BCUT2D eigenvalue weighted by Gasteiger charge is 2.14. The number of unbranched alkanes of at least 4 members (excludes halogenated alkanes) is 3. The van der Waals surface area contributed by atoms with Crippen LogP contribution in [0.15, 0.2) is 54.6 Å². The zero-order valence-corrected chi connectivity index (χ0v) is 17.2. The molecule has 0 spiro atoms. The van der Waals surface area contributed by atoms with Crippen LogP contribution >= 0.6 is 12.4 Å². The number of nitrogens with one attached hydrogen (secondary N) is 1. The smallest absolute Gasteiger partial charge is 0.203 e. The Balaban J connectivity index is 0.00000280. The summed E-state index contributed by atoms with van der Waals surface area (Å²) in [6.07, 6.45) is 3.99. The van der Waals surface area contributed by atoms with E-state index in [-0.39, 0.29) is 19.0 Å². The van der Waals surface area contributed by atoms with Crippen LogP contribution in [0.3, 0.4) is 0 Å². The van der Waals surface area contributed by atoms with Crippen molar-refractivity contribution >= 4 is 23.4 Å². The van der Waals surface area contributed by atoms with E-state index in [0.29, 0.717) is 12.2 Å². The number of rotatable bonds is 10. The quantitative estimate of drug-likeness (QED) is 0.494. The van der Waals surface area contributed by atoms with E-state index in [1.165, 1.54) is 19.3 Å². The van der Waals surface area contributed by atoms with Gasteiger partial charge in [-0.2, -0.15) is 0 Å². The van der Waals surface area contributed by atoms with Crippen molar-refractivity contribution in [1.29, 1.82) is 5.41 Å². The summed E-state index contributed by atoms with van der Waals surface area (Å²) in [6, 6.07) is 17.5. The molecule has 1 heterocycles. The maximum atomic E-state index is 10.5. The minimum absolute atomic E-state index is 0. The number of halogens is 1. The first-order chi connectivity index (χ1) is 13.2. The standard InChI is InChI=1S/C22H29N3O2.ClH/c1-2-3-4-10-15-24-20-13-8-9-14-21(20)25(22(24)23)16-18(26)17-27-19-11-6-5-7-12-19;/h5-9,11-14,18,23,26H,2-4,10,15-17H2,1H3;1H. The number of imidazole rings is 1. The second-order valence-corrected chi connectivity index (χ2v) is 6.91. The maximum Gasteiger partial charge on any atom is 0.203 e. The van der Waals surface area contributed by atoms with Crippen molar-refractivity contribution in [3.8, 4) is 5.75 Å². The van der Waals surface area contributed by atoms with Gasteiger partial charge in [0.2, 0.25) is 5.62 Å². The second kappa shape index (κ2) is 10.9. The lowest BCUT2D eigenvalue weighted by molar-refractivity contribution is 0.0921. The molecule has 0 saturated carbocycles. The van der Waals surface area contributed by atoms with Gasteiger partial charge in [-0.1, -0.05) is 56.5 Å². The summed E-state index contributed by atoms with van der Waals surface area (Å²) in [6.45, 7) is 3.58. The molecule has 2 aromatic carbocycles.